The first kappa shape index (κ1) is 13.0. The van der Waals surface area contributed by atoms with Gasteiger partial charge in [-0.1, -0.05) is 12.1 Å². The fraction of sp³-hybridized carbons (Fsp3) is 0.0714. The van der Waals surface area contributed by atoms with Crippen molar-refractivity contribution in [3.8, 4) is 0 Å². The quantitative estimate of drug-likeness (QED) is 0.637. The van der Waals surface area contributed by atoms with Crippen LogP contribution in [0.15, 0.2) is 30.6 Å². The van der Waals surface area contributed by atoms with Crippen LogP contribution in [0.25, 0.3) is 11.0 Å². The molecule has 3 aromatic rings. The van der Waals surface area contributed by atoms with Crippen molar-refractivity contribution in [3.63, 3.8) is 0 Å². The first-order valence-corrected chi connectivity index (χ1v) is 6.25. The van der Waals surface area contributed by atoms with Crippen LogP contribution in [-0.2, 0) is 6.54 Å². The first-order valence-electron chi connectivity index (χ1n) is 6.25. The lowest BCUT2D eigenvalue weighted by molar-refractivity contribution is 0.626. The molecule has 7 heteroatoms. The van der Waals surface area contributed by atoms with Gasteiger partial charge < -0.3 is 21.4 Å². The van der Waals surface area contributed by atoms with E-state index in [9.17, 15) is 4.39 Å². The summed E-state index contributed by atoms with van der Waals surface area (Å²) >= 11 is 0. The molecule has 0 aliphatic heterocycles. The van der Waals surface area contributed by atoms with E-state index in [4.69, 9.17) is 16.9 Å². The van der Waals surface area contributed by atoms with Gasteiger partial charge in [-0.3, -0.25) is 0 Å². The molecule has 2 heterocycles. The predicted octanol–water partition coefficient (Wildman–Crippen LogP) is 1.78. The second-order valence-electron chi connectivity index (χ2n) is 4.61. The van der Waals surface area contributed by atoms with E-state index in [2.05, 4.69) is 9.97 Å². The lowest BCUT2D eigenvalue weighted by Gasteiger charge is -2.07. The molecule has 0 saturated carbocycles. The minimum Gasteiger partial charge on any atom is -0.384 e. The molecule has 0 unspecified atom stereocenters. The molecule has 0 spiro atoms. The summed E-state index contributed by atoms with van der Waals surface area (Å²) in [5.41, 5.74) is 13.9. The molecule has 0 amide bonds. The summed E-state index contributed by atoms with van der Waals surface area (Å²) in [4.78, 5) is 8.13. The Morgan fingerprint density at radius 3 is 2.57 bits per heavy atom. The zero-order chi connectivity index (χ0) is 15.0. The number of rotatable bonds is 3. The van der Waals surface area contributed by atoms with Crippen molar-refractivity contribution >= 4 is 28.9 Å². The fourth-order valence-electron chi connectivity index (χ4n) is 2.32. The van der Waals surface area contributed by atoms with E-state index < -0.39 is 0 Å². The summed E-state index contributed by atoms with van der Waals surface area (Å²) in [6, 6.07) is 6.13. The number of hydrogen-bond acceptors (Lipinski definition) is 5. The third kappa shape index (κ3) is 2.08. The maximum Gasteiger partial charge on any atom is 0.148 e. The second kappa shape index (κ2) is 4.86. The van der Waals surface area contributed by atoms with Crippen molar-refractivity contribution in [3.05, 3.63) is 47.5 Å². The van der Waals surface area contributed by atoms with E-state index in [-0.39, 0.29) is 11.6 Å². The summed E-state index contributed by atoms with van der Waals surface area (Å²) in [7, 11) is 0. The van der Waals surface area contributed by atoms with Gasteiger partial charge in [-0.25, -0.2) is 14.4 Å². The molecule has 0 atom stereocenters. The maximum absolute atomic E-state index is 13.0. The predicted molar refractivity (Wildman–Crippen MR) is 79.7 cm³/mol. The Kier molecular flexibility index (Phi) is 3.02. The fourth-order valence-corrected chi connectivity index (χ4v) is 2.32. The smallest absolute Gasteiger partial charge is 0.148 e. The molecule has 0 fully saturated rings. The summed E-state index contributed by atoms with van der Waals surface area (Å²) in [5, 5.41) is 8.07. The Balaban J connectivity index is 2.18. The number of nitrogens with two attached hydrogens (primary N) is 2. The van der Waals surface area contributed by atoms with Crippen LogP contribution in [0.5, 0.6) is 0 Å². The number of fused-ring (bicyclic) bond motifs is 1. The van der Waals surface area contributed by atoms with Crippen LogP contribution in [0.3, 0.4) is 0 Å². The number of benzene rings is 1. The van der Waals surface area contributed by atoms with Gasteiger partial charge in [0.1, 0.15) is 29.4 Å². The molecule has 3 rings (SSSR count). The highest BCUT2D eigenvalue weighted by molar-refractivity contribution is 6.07. The lowest BCUT2D eigenvalue weighted by Crippen LogP contribution is -2.06. The molecule has 106 valence electrons. The Morgan fingerprint density at radius 1 is 1.19 bits per heavy atom. The van der Waals surface area contributed by atoms with Gasteiger partial charge in [-0.2, -0.15) is 0 Å². The van der Waals surface area contributed by atoms with E-state index >= 15 is 0 Å². The van der Waals surface area contributed by atoms with Gasteiger partial charge in [0.15, 0.2) is 0 Å². The highest BCUT2D eigenvalue weighted by Crippen LogP contribution is 2.29. The van der Waals surface area contributed by atoms with Gasteiger partial charge in [0.25, 0.3) is 0 Å². The number of aromatic nitrogens is 3. The van der Waals surface area contributed by atoms with Crippen LogP contribution in [0.2, 0.25) is 0 Å². The maximum atomic E-state index is 13.0. The third-order valence-electron chi connectivity index (χ3n) is 3.35. The zero-order valence-electron chi connectivity index (χ0n) is 11.0. The molecule has 21 heavy (non-hydrogen) atoms. The topological polar surface area (TPSA) is 107 Å². The molecule has 6 nitrogen and oxygen atoms in total. The molecular weight excluding hydrogens is 271 g/mol. The molecule has 0 aliphatic rings. The van der Waals surface area contributed by atoms with Gasteiger partial charge in [0.2, 0.25) is 0 Å². The molecule has 0 bridgehead atoms. The number of halogens is 1. The Labute approximate surface area is 119 Å². The average molecular weight is 284 g/mol. The van der Waals surface area contributed by atoms with E-state index in [0.717, 1.165) is 11.8 Å². The molecule has 0 radical (unpaired) electrons. The summed E-state index contributed by atoms with van der Waals surface area (Å²) < 4.78 is 14.7. The van der Waals surface area contributed by atoms with Crippen molar-refractivity contribution < 1.29 is 4.39 Å². The van der Waals surface area contributed by atoms with Crippen LogP contribution in [-0.4, -0.2) is 20.7 Å². The Morgan fingerprint density at radius 2 is 1.90 bits per heavy atom. The molecule has 0 aliphatic carbocycles. The summed E-state index contributed by atoms with van der Waals surface area (Å²) in [6.07, 6.45) is 2.49. The van der Waals surface area contributed by atoms with Crippen molar-refractivity contribution in [1.82, 2.24) is 14.5 Å². The van der Waals surface area contributed by atoms with E-state index in [1.165, 1.54) is 18.5 Å². The molecular formula is C14H13FN6. The number of nitrogen functional groups attached to an aromatic ring is 2. The number of nitrogens with one attached hydrogen (secondary N) is 1. The van der Waals surface area contributed by atoms with E-state index in [1.54, 1.807) is 16.7 Å². The van der Waals surface area contributed by atoms with Crippen LogP contribution in [0, 0.1) is 11.2 Å². The van der Waals surface area contributed by atoms with Crippen molar-refractivity contribution in [1.29, 1.82) is 5.41 Å². The Bertz CT molecular complexity index is 822. The monoisotopic (exact) mass is 284 g/mol. The van der Waals surface area contributed by atoms with Gasteiger partial charge in [-0.15, -0.1) is 0 Å². The van der Waals surface area contributed by atoms with Gasteiger partial charge in [0.05, 0.1) is 11.9 Å². The van der Waals surface area contributed by atoms with Crippen molar-refractivity contribution in [2.24, 2.45) is 0 Å². The summed E-state index contributed by atoms with van der Waals surface area (Å²) in [5.74, 6) is 0.371. The van der Waals surface area contributed by atoms with Crippen molar-refractivity contribution in [2.45, 2.75) is 6.54 Å². The minimum absolute atomic E-state index is 0.281. The van der Waals surface area contributed by atoms with Gasteiger partial charge >= 0.3 is 0 Å². The van der Waals surface area contributed by atoms with Crippen LogP contribution in [0.4, 0.5) is 16.0 Å². The molecule has 1 aromatic carbocycles. The number of anilines is 2. The van der Waals surface area contributed by atoms with E-state index in [0.29, 0.717) is 29.0 Å². The zero-order valence-corrected chi connectivity index (χ0v) is 11.0. The number of hydrogen-bond donors (Lipinski definition) is 3. The van der Waals surface area contributed by atoms with Gasteiger partial charge in [-0.05, 0) is 17.7 Å². The highest BCUT2D eigenvalue weighted by atomic mass is 19.1. The standard InChI is InChI=1S/C14H13FN6/c15-9-3-1-8(2-4-9)6-21-13(18)10(5-16)11-12(17)19-7-20-14(11)21/h1-5,7,16H,6,18H2,(H2,17,19,20). The van der Waals surface area contributed by atoms with Crippen LogP contribution < -0.4 is 11.5 Å². The molecule has 5 N–H and O–H groups in total. The third-order valence-corrected chi connectivity index (χ3v) is 3.35. The summed E-state index contributed by atoms with van der Waals surface area (Å²) in [6.45, 7) is 0.410. The van der Waals surface area contributed by atoms with Gasteiger partial charge in [0, 0.05) is 11.8 Å². The Hall–Kier alpha value is -2.96. The van der Waals surface area contributed by atoms with Crippen LogP contribution in [0.1, 0.15) is 11.1 Å². The number of nitrogens with zero attached hydrogens (tertiary/aromatic N) is 3. The first-order chi connectivity index (χ1) is 10.1. The molecule has 2 aromatic heterocycles. The van der Waals surface area contributed by atoms with Crippen molar-refractivity contribution in [2.75, 3.05) is 11.5 Å². The minimum atomic E-state index is -0.296. The van der Waals surface area contributed by atoms with E-state index in [1.807, 2.05) is 0 Å². The lowest BCUT2D eigenvalue weighted by atomic mass is 10.2. The molecule has 0 saturated heterocycles. The normalized spacial score (nSPS) is 10.9. The SMILES string of the molecule is N=Cc1c(N)n(Cc2ccc(F)cc2)c2ncnc(N)c12. The second-order valence-corrected chi connectivity index (χ2v) is 4.61. The van der Waals surface area contributed by atoms with Crippen LogP contribution >= 0.6 is 0 Å². The largest absolute Gasteiger partial charge is 0.384 e. The average Bonchev–Trinajstić information content (AvgIpc) is 2.75. The highest BCUT2D eigenvalue weighted by Gasteiger charge is 2.17.